The molecular formula is C11H25N. The van der Waals surface area contributed by atoms with Gasteiger partial charge in [-0.25, -0.2) is 0 Å². The Balaban J connectivity index is 3.39. The molecular weight excluding hydrogens is 146 g/mol. The van der Waals surface area contributed by atoms with Crippen molar-refractivity contribution >= 4 is 0 Å². The fraction of sp³-hybridized carbons (Fsp3) is 1.00. The molecule has 0 aliphatic carbocycles. The van der Waals surface area contributed by atoms with Gasteiger partial charge in [-0.2, -0.15) is 0 Å². The molecule has 1 unspecified atom stereocenters. The van der Waals surface area contributed by atoms with Gasteiger partial charge in [-0.05, 0) is 31.2 Å². The lowest BCUT2D eigenvalue weighted by molar-refractivity contribution is 0.381. The van der Waals surface area contributed by atoms with Crippen LogP contribution in [0.3, 0.4) is 0 Å². The molecule has 0 fully saturated rings. The first-order valence-electron chi connectivity index (χ1n) is 5.40. The second-order valence-corrected chi connectivity index (χ2v) is 4.23. The van der Waals surface area contributed by atoms with Crippen LogP contribution in [0.4, 0.5) is 0 Å². The third kappa shape index (κ3) is 6.66. The second kappa shape index (κ2) is 7.60. The minimum absolute atomic E-state index is 0.775. The van der Waals surface area contributed by atoms with Crippen molar-refractivity contribution in [2.45, 2.75) is 52.9 Å². The quantitative estimate of drug-likeness (QED) is 0.585. The van der Waals surface area contributed by atoms with Gasteiger partial charge < -0.3 is 5.73 Å². The fourth-order valence-electron chi connectivity index (χ4n) is 1.68. The summed E-state index contributed by atoms with van der Waals surface area (Å²) in [5.74, 6) is 1.58. The zero-order valence-electron chi connectivity index (χ0n) is 8.97. The lowest BCUT2D eigenvalue weighted by Gasteiger charge is -2.16. The van der Waals surface area contributed by atoms with Crippen molar-refractivity contribution in [3.8, 4) is 0 Å². The fourth-order valence-corrected chi connectivity index (χ4v) is 1.68. The molecule has 0 bridgehead atoms. The highest BCUT2D eigenvalue weighted by Gasteiger charge is 2.07. The number of hydrogen-bond acceptors (Lipinski definition) is 1. The molecule has 2 N–H and O–H groups in total. The molecule has 0 saturated heterocycles. The molecule has 0 aliphatic rings. The zero-order valence-corrected chi connectivity index (χ0v) is 8.97. The van der Waals surface area contributed by atoms with Crippen LogP contribution in [0.1, 0.15) is 52.9 Å². The van der Waals surface area contributed by atoms with Crippen LogP contribution >= 0.6 is 0 Å². The Morgan fingerprint density at radius 1 is 1.17 bits per heavy atom. The van der Waals surface area contributed by atoms with Gasteiger partial charge in [-0.1, -0.05) is 40.0 Å². The third-order valence-corrected chi connectivity index (χ3v) is 2.35. The Labute approximate surface area is 77.7 Å². The van der Waals surface area contributed by atoms with E-state index in [0.29, 0.717) is 0 Å². The standard InChI is InChI=1S/C11H25N/c1-4-5-6-7-11(9-12)8-10(2)3/h10-11H,4-9,12H2,1-3H3. The number of rotatable bonds is 7. The molecule has 74 valence electrons. The van der Waals surface area contributed by atoms with Crippen molar-refractivity contribution in [1.82, 2.24) is 0 Å². The summed E-state index contributed by atoms with van der Waals surface area (Å²) in [6, 6.07) is 0. The summed E-state index contributed by atoms with van der Waals surface area (Å²) in [5, 5.41) is 0. The van der Waals surface area contributed by atoms with Gasteiger partial charge in [0.2, 0.25) is 0 Å². The van der Waals surface area contributed by atoms with Crippen molar-refractivity contribution < 1.29 is 0 Å². The van der Waals surface area contributed by atoms with Gasteiger partial charge in [0.1, 0.15) is 0 Å². The normalized spacial score (nSPS) is 13.8. The first-order valence-corrected chi connectivity index (χ1v) is 5.40. The second-order valence-electron chi connectivity index (χ2n) is 4.23. The van der Waals surface area contributed by atoms with Crippen LogP contribution in [0, 0.1) is 11.8 Å². The van der Waals surface area contributed by atoms with Crippen LogP contribution in [0.2, 0.25) is 0 Å². The number of nitrogens with two attached hydrogens (primary N) is 1. The van der Waals surface area contributed by atoms with Crippen LogP contribution in [-0.2, 0) is 0 Å². The van der Waals surface area contributed by atoms with Gasteiger partial charge >= 0.3 is 0 Å². The highest BCUT2D eigenvalue weighted by Crippen LogP contribution is 2.17. The van der Waals surface area contributed by atoms with E-state index in [-0.39, 0.29) is 0 Å². The van der Waals surface area contributed by atoms with E-state index in [2.05, 4.69) is 20.8 Å². The summed E-state index contributed by atoms with van der Waals surface area (Å²) in [7, 11) is 0. The van der Waals surface area contributed by atoms with Crippen molar-refractivity contribution in [2.75, 3.05) is 6.54 Å². The predicted molar refractivity (Wildman–Crippen MR) is 56.1 cm³/mol. The summed E-state index contributed by atoms with van der Waals surface area (Å²) >= 11 is 0. The van der Waals surface area contributed by atoms with Crippen LogP contribution in [0.5, 0.6) is 0 Å². The predicted octanol–water partition coefficient (Wildman–Crippen LogP) is 3.19. The van der Waals surface area contributed by atoms with E-state index in [0.717, 1.165) is 18.4 Å². The monoisotopic (exact) mass is 171 g/mol. The Bertz CT molecular complexity index is 89.0. The van der Waals surface area contributed by atoms with E-state index in [4.69, 9.17) is 5.73 Å². The van der Waals surface area contributed by atoms with Crippen LogP contribution < -0.4 is 5.73 Å². The zero-order chi connectivity index (χ0) is 9.40. The molecule has 1 nitrogen and oxygen atoms in total. The average molecular weight is 171 g/mol. The van der Waals surface area contributed by atoms with Gasteiger partial charge in [0.25, 0.3) is 0 Å². The first-order chi connectivity index (χ1) is 5.70. The molecule has 1 heteroatoms. The summed E-state index contributed by atoms with van der Waals surface area (Å²) in [5.41, 5.74) is 5.70. The minimum Gasteiger partial charge on any atom is -0.330 e. The highest BCUT2D eigenvalue weighted by molar-refractivity contribution is 4.62. The molecule has 0 aromatic heterocycles. The maximum atomic E-state index is 5.70. The molecule has 12 heavy (non-hydrogen) atoms. The molecule has 0 aromatic rings. The van der Waals surface area contributed by atoms with E-state index in [1.165, 1.54) is 32.1 Å². The molecule has 0 saturated carbocycles. The molecule has 1 atom stereocenters. The van der Waals surface area contributed by atoms with Gasteiger partial charge in [0, 0.05) is 0 Å². The molecule has 0 radical (unpaired) electrons. The van der Waals surface area contributed by atoms with Crippen LogP contribution in [0.25, 0.3) is 0 Å². The summed E-state index contributed by atoms with van der Waals surface area (Å²) in [4.78, 5) is 0. The van der Waals surface area contributed by atoms with Gasteiger partial charge in [0.05, 0.1) is 0 Å². The Morgan fingerprint density at radius 2 is 1.83 bits per heavy atom. The molecule has 0 spiro atoms. The summed E-state index contributed by atoms with van der Waals surface area (Å²) < 4.78 is 0. The van der Waals surface area contributed by atoms with Crippen molar-refractivity contribution in [1.29, 1.82) is 0 Å². The van der Waals surface area contributed by atoms with E-state index < -0.39 is 0 Å². The summed E-state index contributed by atoms with van der Waals surface area (Å²) in [6.45, 7) is 7.69. The van der Waals surface area contributed by atoms with Crippen LogP contribution in [0.15, 0.2) is 0 Å². The van der Waals surface area contributed by atoms with Crippen molar-refractivity contribution in [3.05, 3.63) is 0 Å². The van der Waals surface area contributed by atoms with Crippen molar-refractivity contribution in [2.24, 2.45) is 17.6 Å². The maximum absolute atomic E-state index is 5.70. The van der Waals surface area contributed by atoms with E-state index in [1.54, 1.807) is 0 Å². The Morgan fingerprint density at radius 3 is 2.25 bits per heavy atom. The average Bonchev–Trinajstić information content (AvgIpc) is 2.02. The smallest absolute Gasteiger partial charge is 0.00488 e. The topological polar surface area (TPSA) is 26.0 Å². The van der Waals surface area contributed by atoms with Crippen molar-refractivity contribution in [3.63, 3.8) is 0 Å². The molecule has 0 aromatic carbocycles. The Hall–Kier alpha value is -0.0400. The highest BCUT2D eigenvalue weighted by atomic mass is 14.5. The van der Waals surface area contributed by atoms with E-state index in [9.17, 15) is 0 Å². The molecule has 0 aliphatic heterocycles. The lowest BCUT2D eigenvalue weighted by atomic mass is 9.92. The maximum Gasteiger partial charge on any atom is -0.00488 e. The SMILES string of the molecule is CCCCCC(CN)CC(C)C. The third-order valence-electron chi connectivity index (χ3n) is 2.35. The molecule has 0 amide bonds. The van der Waals surface area contributed by atoms with Gasteiger partial charge in [-0.3, -0.25) is 0 Å². The van der Waals surface area contributed by atoms with Gasteiger partial charge in [-0.15, -0.1) is 0 Å². The largest absolute Gasteiger partial charge is 0.330 e. The molecule has 0 rings (SSSR count). The van der Waals surface area contributed by atoms with E-state index in [1.807, 2.05) is 0 Å². The number of hydrogen-bond donors (Lipinski definition) is 1. The van der Waals surface area contributed by atoms with E-state index >= 15 is 0 Å². The molecule has 0 heterocycles. The van der Waals surface area contributed by atoms with Gasteiger partial charge in [0.15, 0.2) is 0 Å². The van der Waals surface area contributed by atoms with Crippen LogP contribution in [-0.4, -0.2) is 6.54 Å². The summed E-state index contributed by atoms with van der Waals surface area (Å²) in [6.07, 6.45) is 6.70. The minimum atomic E-state index is 0.775. The lowest BCUT2D eigenvalue weighted by Crippen LogP contribution is -2.16. The Kier molecular flexibility index (Phi) is 7.58. The first kappa shape index (κ1) is 12.0. The number of unbranched alkanes of at least 4 members (excludes halogenated alkanes) is 2.